The minimum Gasteiger partial charge on any atom is -0.480 e. The summed E-state index contributed by atoms with van der Waals surface area (Å²) in [7, 11) is 0. The lowest BCUT2D eigenvalue weighted by Crippen LogP contribution is -2.53. The van der Waals surface area contributed by atoms with E-state index < -0.39 is 17.6 Å². The first-order valence-corrected chi connectivity index (χ1v) is 12.4. The number of carboxylic acid groups (broad SMARTS) is 1. The topological polar surface area (TPSA) is 95.9 Å². The van der Waals surface area contributed by atoms with Gasteiger partial charge in [0.2, 0.25) is 5.91 Å². The number of hydrogen-bond acceptors (Lipinski definition) is 4. The number of amides is 2. The van der Waals surface area contributed by atoms with Gasteiger partial charge in [-0.3, -0.25) is 4.79 Å². The van der Waals surface area contributed by atoms with E-state index in [1.165, 1.54) is 29.9 Å². The van der Waals surface area contributed by atoms with Crippen molar-refractivity contribution < 1.29 is 24.2 Å². The lowest BCUT2D eigenvalue weighted by molar-refractivity contribution is -0.157. The van der Waals surface area contributed by atoms with Crippen LogP contribution in [-0.2, 0) is 14.3 Å². The summed E-state index contributed by atoms with van der Waals surface area (Å²) < 4.78 is 5.63. The molecule has 0 heterocycles. The first kappa shape index (κ1) is 24.8. The van der Waals surface area contributed by atoms with Gasteiger partial charge >= 0.3 is 12.1 Å². The van der Waals surface area contributed by atoms with Gasteiger partial charge in [-0.05, 0) is 67.7 Å². The van der Waals surface area contributed by atoms with E-state index in [-0.39, 0.29) is 30.8 Å². The third kappa shape index (κ3) is 5.19. The van der Waals surface area contributed by atoms with E-state index in [0.717, 1.165) is 24.0 Å². The van der Waals surface area contributed by atoms with E-state index in [1.54, 1.807) is 6.92 Å². The summed E-state index contributed by atoms with van der Waals surface area (Å²) in [5.74, 6) is -0.926. The number of nitrogens with one attached hydrogen (secondary N) is 1. The lowest BCUT2D eigenvalue weighted by Gasteiger charge is -2.35. The Morgan fingerprint density at radius 3 is 2.14 bits per heavy atom. The molecule has 0 aliphatic heterocycles. The van der Waals surface area contributed by atoms with E-state index >= 15 is 0 Å². The largest absolute Gasteiger partial charge is 0.480 e. The van der Waals surface area contributed by atoms with E-state index in [9.17, 15) is 19.5 Å². The minimum absolute atomic E-state index is 0.00896. The smallest absolute Gasteiger partial charge is 0.407 e. The van der Waals surface area contributed by atoms with Crippen LogP contribution in [-0.4, -0.2) is 53.2 Å². The van der Waals surface area contributed by atoms with Gasteiger partial charge in [0.25, 0.3) is 0 Å². The summed E-state index contributed by atoms with van der Waals surface area (Å²) >= 11 is 0. The average Bonchev–Trinajstić information content (AvgIpc) is 3.63. The number of ether oxygens (including phenoxy) is 1. The maximum absolute atomic E-state index is 13.0. The van der Waals surface area contributed by atoms with Crippen molar-refractivity contribution in [3.8, 4) is 11.1 Å². The summed E-state index contributed by atoms with van der Waals surface area (Å²) in [4.78, 5) is 38.6. The zero-order valence-electron chi connectivity index (χ0n) is 20.6. The number of benzene rings is 2. The zero-order chi connectivity index (χ0) is 25.2. The van der Waals surface area contributed by atoms with Crippen molar-refractivity contribution in [2.45, 2.75) is 51.5 Å². The predicted molar refractivity (Wildman–Crippen MR) is 133 cm³/mol. The molecular weight excluding hydrogens is 444 g/mol. The summed E-state index contributed by atoms with van der Waals surface area (Å²) in [6.07, 6.45) is 1.74. The minimum atomic E-state index is -1.28. The van der Waals surface area contributed by atoms with Crippen LogP contribution in [0.3, 0.4) is 0 Å². The number of hydrogen-bond donors (Lipinski definition) is 2. The van der Waals surface area contributed by atoms with Gasteiger partial charge in [0.1, 0.15) is 12.1 Å². The Hall–Kier alpha value is -3.35. The van der Waals surface area contributed by atoms with Crippen molar-refractivity contribution in [3.63, 3.8) is 0 Å². The van der Waals surface area contributed by atoms with Gasteiger partial charge < -0.3 is 20.1 Å². The molecule has 1 fully saturated rings. The molecule has 2 aliphatic carbocycles. The van der Waals surface area contributed by atoms with Gasteiger partial charge in [-0.2, -0.15) is 0 Å². The SMILES string of the molecule is CCN(C(=O)CC(CNC(=O)OCC1c2ccccc2-c2ccccc21)C1CC1)C(C)(C)C(=O)O. The fourth-order valence-electron chi connectivity index (χ4n) is 5.17. The monoisotopic (exact) mass is 478 g/mol. The fraction of sp³-hybridized carbons (Fsp3) is 0.464. The maximum Gasteiger partial charge on any atom is 0.407 e. The van der Waals surface area contributed by atoms with Crippen LogP contribution in [0.15, 0.2) is 48.5 Å². The third-order valence-electron chi connectivity index (χ3n) is 7.39. The molecule has 0 saturated heterocycles. The lowest BCUT2D eigenvalue weighted by atomic mass is 9.96. The number of aliphatic carboxylic acids is 1. The van der Waals surface area contributed by atoms with Gasteiger partial charge in [-0.1, -0.05) is 48.5 Å². The highest BCUT2D eigenvalue weighted by atomic mass is 16.5. The van der Waals surface area contributed by atoms with Crippen LogP contribution in [0.2, 0.25) is 0 Å². The second-order valence-corrected chi connectivity index (χ2v) is 10.0. The highest BCUT2D eigenvalue weighted by Gasteiger charge is 2.40. The van der Waals surface area contributed by atoms with Gasteiger partial charge in [-0.15, -0.1) is 0 Å². The maximum atomic E-state index is 13.0. The van der Waals surface area contributed by atoms with Crippen LogP contribution in [0, 0.1) is 11.8 Å². The quantitative estimate of drug-likeness (QED) is 0.518. The normalized spacial score (nSPS) is 15.6. The number of nitrogens with zero attached hydrogens (tertiary/aromatic N) is 1. The number of carboxylic acids is 1. The zero-order valence-corrected chi connectivity index (χ0v) is 20.6. The van der Waals surface area contributed by atoms with Crippen molar-refractivity contribution in [2.24, 2.45) is 11.8 Å². The summed E-state index contributed by atoms with van der Waals surface area (Å²) in [5, 5.41) is 12.4. The predicted octanol–water partition coefficient (Wildman–Crippen LogP) is 4.65. The highest BCUT2D eigenvalue weighted by molar-refractivity contribution is 5.86. The molecule has 2 aromatic rings. The van der Waals surface area contributed by atoms with Crippen molar-refractivity contribution in [3.05, 3.63) is 59.7 Å². The summed E-state index contributed by atoms with van der Waals surface area (Å²) in [5.41, 5.74) is 3.39. The molecule has 186 valence electrons. The summed E-state index contributed by atoms with van der Waals surface area (Å²) in [6, 6.07) is 16.4. The molecule has 1 atom stereocenters. The molecule has 0 bridgehead atoms. The van der Waals surface area contributed by atoms with Crippen LogP contribution >= 0.6 is 0 Å². The molecule has 2 aliphatic rings. The van der Waals surface area contributed by atoms with Crippen molar-refractivity contribution in [1.29, 1.82) is 0 Å². The molecular formula is C28H34N2O5. The number of likely N-dealkylation sites (N-methyl/N-ethyl adjacent to an activating group) is 1. The number of rotatable bonds is 10. The second-order valence-electron chi connectivity index (χ2n) is 10.0. The average molecular weight is 479 g/mol. The van der Waals surface area contributed by atoms with Gasteiger partial charge in [-0.25, -0.2) is 9.59 Å². The van der Waals surface area contributed by atoms with Crippen LogP contribution in [0.1, 0.15) is 57.1 Å². The second kappa shape index (κ2) is 10.1. The Kier molecular flexibility index (Phi) is 7.15. The van der Waals surface area contributed by atoms with E-state index in [0.29, 0.717) is 19.0 Å². The number of carbonyl (C=O) groups is 3. The fourth-order valence-corrected chi connectivity index (χ4v) is 5.17. The molecule has 7 heteroatoms. The van der Waals surface area contributed by atoms with E-state index in [4.69, 9.17) is 4.74 Å². The van der Waals surface area contributed by atoms with Gasteiger partial charge in [0.15, 0.2) is 0 Å². The number of fused-ring (bicyclic) bond motifs is 3. The van der Waals surface area contributed by atoms with Crippen molar-refractivity contribution in [1.82, 2.24) is 10.2 Å². The molecule has 2 aromatic carbocycles. The molecule has 0 radical (unpaired) electrons. The van der Waals surface area contributed by atoms with Crippen LogP contribution in [0.4, 0.5) is 4.79 Å². The first-order chi connectivity index (χ1) is 16.7. The molecule has 7 nitrogen and oxygen atoms in total. The van der Waals surface area contributed by atoms with Crippen molar-refractivity contribution >= 4 is 18.0 Å². The molecule has 1 unspecified atom stereocenters. The van der Waals surface area contributed by atoms with Gasteiger partial charge in [0, 0.05) is 25.4 Å². The Bertz CT molecular complexity index is 1060. The van der Waals surface area contributed by atoms with Crippen LogP contribution in [0.25, 0.3) is 11.1 Å². The standard InChI is InChI=1S/C28H34N2O5/c1-4-30(28(2,3)26(32)33)25(31)15-19(18-13-14-18)16-29-27(34)35-17-24-22-11-7-5-9-20(22)21-10-6-8-12-23(21)24/h5-12,18-19,24H,4,13-17H2,1-3H3,(H,29,34)(H,32,33). The Morgan fingerprint density at radius 2 is 1.63 bits per heavy atom. The molecule has 1 saturated carbocycles. The highest BCUT2D eigenvalue weighted by Crippen LogP contribution is 2.44. The summed E-state index contributed by atoms with van der Waals surface area (Å²) in [6.45, 7) is 5.75. The Morgan fingerprint density at radius 1 is 1.06 bits per heavy atom. The Balaban J connectivity index is 1.34. The molecule has 35 heavy (non-hydrogen) atoms. The van der Waals surface area contributed by atoms with E-state index in [2.05, 4.69) is 29.6 Å². The van der Waals surface area contributed by atoms with Gasteiger partial charge in [0.05, 0.1) is 0 Å². The number of carbonyl (C=O) groups excluding carboxylic acids is 2. The van der Waals surface area contributed by atoms with Crippen LogP contribution in [0.5, 0.6) is 0 Å². The van der Waals surface area contributed by atoms with Crippen LogP contribution < -0.4 is 5.32 Å². The number of alkyl carbamates (subject to hydrolysis) is 1. The Labute approximate surface area is 206 Å². The molecule has 4 rings (SSSR count). The third-order valence-corrected chi connectivity index (χ3v) is 7.39. The molecule has 2 amide bonds. The molecule has 0 spiro atoms. The van der Waals surface area contributed by atoms with E-state index in [1.807, 2.05) is 24.3 Å². The molecule has 2 N–H and O–H groups in total. The first-order valence-electron chi connectivity index (χ1n) is 12.4. The van der Waals surface area contributed by atoms with Crippen molar-refractivity contribution in [2.75, 3.05) is 19.7 Å². The molecule has 0 aromatic heterocycles.